The fourth-order valence-corrected chi connectivity index (χ4v) is 11.4. The van der Waals surface area contributed by atoms with E-state index in [9.17, 15) is 30.0 Å². The summed E-state index contributed by atoms with van der Waals surface area (Å²) in [6.45, 7) is 11.0. The first kappa shape index (κ1) is 27.6. The zero-order valence-electron chi connectivity index (χ0n) is 23.8. The van der Waals surface area contributed by atoms with Gasteiger partial charge in [-0.05, 0) is 84.0 Å². The van der Waals surface area contributed by atoms with E-state index < -0.39 is 46.1 Å². The molecule has 6 aliphatic carbocycles. The third-order valence-corrected chi connectivity index (χ3v) is 12.8. The molecular formula is C32H46O7. The third kappa shape index (κ3) is 3.25. The van der Waals surface area contributed by atoms with Gasteiger partial charge in [0.2, 0.25) is 0 Å². The second kappa shape index (κ2) is 8.73. The third-order valence-electron chi connectivity index (χ3n) is 12.8. The second-order valence-corrected chi connectivity index (χ2v) is 14.6. The van der Waals surface area contributed by atoms with Crippen molar-refractivity contribution in [3.63, 3.8) is 0 Å². The normalized spacial score (nSPS) is 52.1. The highest BCUT2D eigenvalue weighted by atomic mass is 16.5. The minimum atomic E-state index is -1.12. The van der Waals surface area contributed by atoms with Crippen LogP contribution in [0.3, 0.4) is 0 Å². The molecule has 2 bridgehead atoms. The van der Waals surface area contributed by atoms with Crippen LogP contribution in [0.4, 0.5) is 0 Å². The Morgan fingerprint density at radius 3 is 2.31 bits per heavy atom. The number of ether oxygens (including phenoxy) is 1. The topological polar surface area (TPSA) is 124 Å². The van der Waals surface area contributed by atoms with Gasteiger partial charge in [0.1, 0.15) is 12.4 Å². The van der Waals surface area contributed by atoms with Crippen molar-refractivity contribution in [1.82, 2.24) is 0 Å². The number of allylic oxidation sites excluding steroid dienone is 1. The number of aliphatic hydroxyl groups excluding tert-OH is 3. The summed E-state index contributed by atoms with van der Waals surface area (Å²) in [5.74, 6) is -0.919. The highest BCUT2D eigenvalue weighted by Crippen LogP contribution is 2.80. The van der Waals surface area contributed by atoms with Crippen molar-refractivity contribution in [2.45, 2.75) is 109 Å². The minimum Gasteiger partial charge on any atom is -0.462 e. The lowest BCUT2D eigenvalue weighted by atomic mass is 9.55. The Labute approximate surface area is 231 Å². The molecule has 1 spiro atoms. The van der Waals surface area contributed by atoms with Gasteiger partial charge in [0, 0.05) is 41.4 Å². The fraction of sp³-hybridized carbons (Fsp3) is 0.812. The lowest BCUT2D eigenvalue weighted by molar-refractivity contribution is -0.170. The zero-order valence-corrected chi connectivity index (χ0v) is 23.8. The smallest absolute Gasteiger partial charge is 0.302 e. The van der Waals surface area contributed by atoms with Crippen molar-refractivity contribution in [2.75, 3.05) is 0 Å². The lowest BCUT2D eigenvalue weighted by Crippen LogP contribution is -2.59. The Bertz CT molecular complexity index is 1110. The number of aliphatic hydroxyl groups is 4. The van der Waals surface area contributed by atoms with Crippen LogP contribution in [0.25, 0.3) is 0 Å². The number of hydrogen-bond acceptors (Lipinski definition) is 7. The summed E-state index contributed by atoms with van der Waals surface area (Å²) < 4.78 is 5.90. The monoisotopic (exact) mass is 542 g/mol. The van der Waals surface area contributed by atoms with Crippen LogP contribution in [0.1, 0.15) is 79.1 Å². The molecule has 13 atom stereocenters. The van der Waals surface area contributed by atoms with Crippen molar-refractivity contribution < 1.29 is 34.8 Å². The quantitative estimate of drug-likeness (QED) is 0.239. The van der Waals surface area contributed by atoms with Gasteiger partial charge in [0.25, 0.3) is 0 Å². The van der Waals surface area contributed by atoms with Gasteiger partial charge in [-0.15, -0.1) is 0 Å². The summed E-state index contributed by atoms with van der Waals surface area (Å²) in [6, 6.07) is 0. The van der Waals surface area contributed by atoms with Gasteiger partial charge in [-0.2, -0.15) is 0 Å². The molecule has 6 rings (SSSR count). The molecule has 0 aromatic carbocycles. The van der Waals surface area contributed by atoms with Crippen LogP contribution in [0, 0.1) is 51.8 Å². The van der Waals surface area contributed by atoms with Gasteiger partial charge in [0.05, 0.1) is 29.3 Å². The number of esters is 1. The van der Waals surface area contributed by atoms with Gasteiger partial charge in [0.15, 0.2) is 0 Å². The summed E-state index contributed by atoms with van der Waals surface area (Å²) in [7, 11) is 0. The maximum atomic E-state index is 13.3. The van der Waals surface area contributed by atoms with Crippen LogP contribution in [-0.2, 0) is 14.3 Å². The van der Waals surface area contributed by atoms with Crippen LogP contribution in [0.5, 0.6) is 0 Å². The molecule has 7 nitrogen and oxygen atoms in total. The number of hydrogen-bond donors (Lipinski definition) is 4. The average Bonchev–Trinajstić information content (AvgIpc) is 3.62. The Balaban J connectivity index is 1.43. The molecule has 0 amide bonds. The van der Waals surface area contributed by atoms with Crippen LogP contribution >= 0.6 is 0 Å². The highest BCUT2D eigenvalue weighted by molar-refractivity contribution is 5.71. The van der Waals surface area contributed by atoms with Crippen LogP contribution in [0.15, 0.2) is 23.8 Å². The Kier molecular flexibility index (Phi) is 6.18. The second-order valence-electron chi connectivity index (χ2n) is 14.6. The summed E-state index contributed by atoms with van der Waals surface area (Å²) in [5, 5.41) is 46.9. The maximum absolute atomic E-state index is 13.3. The Morgan fingerprint density at radius 2 is 1.72 bits per heavy atom. The minimum absolute atomic E-state index is 0.0817. The SMILES string of the molecule is C=C(C)[C@@H]1CCC([C@@H]2CC[C@H]3C2=C[C@@]2(C=O)[C@H]4CC[C@]2([C@@H]3O)[C@H](O)[C@@]42CC[C@@H](C(C)(C)O)[C@H]2O)[C@@H]1OC(C)=O. The van der Waals surface area contributed by atoms with Crippen molar-refractivity contribution in [2.24, 2.45) is 51.8 Å². The summed E-state index contributed by atoms with van der Waals surface area (Å²) in [5.41, 5.74) is -2.07. The van der Waals surface area contributed by atoms with Crippen LogP contribution in [-0.4, -0.2) is 62.7 Å². The summed E-state index contributed by atoms with van der Waals surface area (Å²) in [4.78, 5) is 25.4. The number of fused-ring (bicyclic) bond motifs is 2. The Morgan fingerprint density at radius 1 is 1.03 bits per heavy atom. The van der Waals surface area contributed by atoms with Gasteiger partial charge in [-0.3, -0.25) is 4.79 Å². The molecule has 0 radical (unpaired) electrons. The van der Waals surface area contributed by atoms with E-state index in [-0.39, 0.29) is 41.7 Å². The first-order valence-corrected chi connectivity index (χ1v) is 15.1. The van der Waals surface area contributed by atoms with Crippen LogP contribution in [0.2, 0.25) is 0 Å². The predicted molar refractivity (Wildman–Crippen MR) is 144 cm³/mol. The molecule has 0 heterocycles. The van der Waals surface area contributed by atoms with Crippen molar-refractivity contribution >= 4 is 12.3 Å². The van der Waals surface area contributed by atoms with Gasteiger partial charge in [-0.1, -0.05) is 23.8 Å². The lowest BCUT2D eigenvalue weighted by Gasteiger charge is -2.51. The first-order valence-electron chi connectivity index (χ1n) is 15.1. The Hall–Kier alpha value is -1.54. The predicted octanol–water partition coefficient (Wildman–Crippen LogP) is 3.33. The van der Waals surface area contributed by atoms with E-state index in [1.54, 1.807) is 13.8 Å². The van der Waals surface area contributed by atoms with E-state index in [0.717, 1.165) is 43.1 Å². The van der Waals surface area contributed by atoms with Gasteiger partial charge < -0.3 is 30.0 Å². The first-order chi connectivity index (χ1) is 18.3. The number of rotatable bonds is 5. The van der Waals surface area contributed by atoms with Crippen molar-refractivity contribution in [3.05, 3.63) is 23.8 Å². The molecule has 5 saturated carbocycles. The highest BCUT2D eigenvalue weighted by Gasteiger charge is 2.83. The molecule has 5 fully saturated rings. The van der Waals surface area contributed by atoms with E-state index in [4.69, 9.17) is 4.74 Å². The molecule has 0 aromatic heterocycles. The molecule has 39 heavy (non-hydrogen) atoms. The summed E-state index contributed by atoms with van der Waals surface area (Å²) in [6.07, 6.45) is 5.61. The van der Waals surface area contributed by atoms with E-state index in [0.29, 0.717) is 25.7 Å². The number of carbonyl (C=O) groups excluding carboxylic acids is 2. The molecule has 1 unspecified atom stereocenters. The molecule has 0 aliphatic heterocycles. The largest absolute Gasteiger partial charge is 0.462 e. The summed E-state index contributed by atoms with van der Waals surface area (Å²) >= 11 is 0. The maximum Gasteiger partial charge on any atom is 0.302 e. The van der Waals surface area contributed by atoms with Gasteiger partial charge in [-0.25, -0.2) is 0 Å². The molecule has 0 saturated heterocycles. The van der Waals surface area contributed by atoms with E-state index in [1.807, 2.05) is 6.92 Å². The molecule has 4 N–H and O–H groups in total. The molecule has 216 valence electrons. The van der Waals surface area contributed by atoms with Crippen molar-refractivity contribution in [1.29, 1.82) is 0 Å². The molecule has 7 heteroatoms. The van der Waals surface area contributed by atoms with E-state index in [1.165, 1.54) is 6.92 Å². The molecule has 0 aromatic rings. The molecule has 6 aliphatic rings. The number of aldehydes is 1. The zero-order chi connectivity index (χ0) is 28.3. The molecular weight excluding hydrogens is 496 g/mol. The van der Waals surface area contributed by atoms with E-state index in [2.05, 4.69) is 12.7 Å². The van der Waals surface area contributed by atoms with E-state index >= 15 is 0 Å². The van der Waals surface area contributed by atoms with Crippen molar-refractivity contribution in [3.8, 4) is 0 Å². The number of carbonyl (C=O) groups is 2. The van der Waals surface area contributed by atoms with Gasteiger partial charge >= 0.3 is 5.97 Å². The fourth-order valence-electron chi connectivity index (χ4n) is 11.4. The van der Waals surface area contributed by atoms with Crippen LogP contribution < -0.4 is 0 Å². The average molecular weight is 543 g/mol. The standard InChI is InChI=1S/C32H46O7/c1-16(2)18-6-8-20(25(18)39-17(3)34)19-7-9-21-22(19)14-30(15-33)24-11-13-32(30,26(21)35)28(37)31(24)12-10-23(27(31)36)29(4,5)38/h14-15,18-21,23-28,35-38H,1,6-13H2,2-5H3/t18-,19-,20?,21-,23+,24+,25+,26+,27+,28+,30+,31-,32-/m0/s1.